The molecule has 30 heavy (non-hydrogen) atoms. The Morgan fingerprint density at radius 3 is 2.53 bits per heavy atom. The average Bonchev–Trinajstić information content (AvgIpc) is 3.16. The van der Waals surface area contributed by atoms with Gasteiger partial charge in [0, 0.05) is 25.6 Å². The number of ether oxygens (including phenoxy) is 3. The zero-order valence-corrected chi connectivity index (χ0v) is 19.2. The summed E-state index contributed by atoms with van der Waals surface area (Å²) >= 11 is 1.48. The van der Waals surface area contributed by atoms with Gasteiger partial charge in [0.1, 0.15) is 4.88 Å². The maximum atomic E-state index is 12.9. The van der Waals surface area contributed by atoms with Gasteiger partial charge in [-0.3, -0.25) is 9.69 Å². The van der Waals surface area contributed by atoms with Crippen LogP contribution in [0.2, 0.25) is 0 Å². The van der Waals surface area contributed by atoms with E-state index in [0.29, 0.717) is 42.1 Å². The monoisotopic (exact) mass is 433 g/mol. The molecule has 1 aliphatic rings. The molecule has 1 saturated heterocycles. The number of nitrogens with one attached hydrogen (secondary N) is 1. The van der Waals surface area contributed by atoms with Crippen molar-refractivity contribution in [3.05, 3.63) is 39.3 Å². The van der Waals surface area contributed by atoms with E-state index in [1.54, 1.807) is 14.2 Å². The van der Waals surface area contributed by atoms with Crippen molar-refractivity contribution >= 4 is 17.2 Å². The molecule has 1 N–H and O–H groups in total. The molecule has 0 spiro atoms. The van der Waals surface area contributed by atoms with Crippen molar-refractivity contribution in [2.24, 2.45) is 0 Å². The number of aryl methyl sites for hydroxylation is 1. The number of benzene rings is 1. The molecule has 3 rings (SSSR count). The van der Waals surface area contributed by atoms with Crippen molar-refractivity contribution in [1.29, 1.82) is 0 Å². The summed E-state index contributed by atoms with van der Waals surface area (Å²) in [6.07, 6.45) is 0. The Hall–Kier alpha value is -2.16. The first kappa shape index (κ1) is 22.5. The molecule has 0 bridgehead atoms. The van der Waals surface area contributed by atoms with E-state index in [1.807, 2.05) is 25.1 Å². The number of carbonyl (C=O) groups is 1. The van der Waals surface area contributed by atoms with Crippen LogP contribution in [0.3, 0.4) is 0 Å². The van der Waals surface area contributed by atoms with Crippen molar-refractivity contribution in [2.75, 3.05) is 47.1 Å². The topological polar surface area (TPSA) is 72.9 Å². The molecular weight excluding hydrogens is 402 g/mol. The van der Waals surface area contributed by atoms with Crippen molar-refractivity contribution < 1.29 is 19.0 Å². The third-order valence-electron chi connectivity index (χ3n) is 5.25. The second-order valence-electron chi connectivity index (χ2n) is 7.61. The number of aromatic nitrogens is 1. The second-order valence-corrected chi connectivity index (χ2v) is 8.64. The molecule has 1 fully saturated rings. The van der Waals surface area contributed by atoms with Crippen LogP contribution in [0.15, 0.2) is 18.2 Å². The van der Waals surface area contributed by atoms with Crippen LogP contribution in [0.4, 0.5) is 0 Å². The molecule has 1 amide bonds. The van der Waals surface area contributed by atoms with Crippen LogP contribution in [-0.4, -0.2) is 62.9 Å². The molecule has 1 aliphatic heterocycles. The highest BCUT2D eigenvalue weighted by molar-refractivity contribution is 7.13. The molecule has 1 aromatic heterocycles. The fourth-order valence-corrected chi connectivity index (χ4v) is 4.54. The van der Waals surface area contributed by atoms with E-state index < -0.39 is 0 Å². The highest BCUT2D eigenvalue weighted by Crippen LogP contribution is 2.32. The molecule has 164 valence electrons. The Bertz CT molecular complexity index is 862. The minimum atomic E-state index is -0.0735. The lowest BCUT2D eigenvalue weighted by Crippen LogP contribution is -2.43. The minimum absolute atomic E-state index is 0.00968. The van der Waals surface area contributed by atoms with E-state index in [4.69, 9.17) is 14.2 Å². The smallest absolute Gasteiger partial charge is 0.263 e. The average molecular weight is 434 g/mol. The number of nitrogens with zero attached hydrogens (tertiary/aromatic N) is 2. The number of rotatable bonds is 8. The van der Waals surface area contributed by atoms with Gasteiger partial charge >= 0.3 is 0 Å². The fourth-order valence-electron chi connectivity index (χ4n) is 3.55. The quantitative estimate of drug-likeness (QED) is 0.688. The van der Waals surface area contributed by atoms with Crippen LogP contribution in [0.25, 0.3) is 0 Å². The number of methoxy groups -OCH3 is 2. The summed E-state index contributed by atoms with van der Waals surface area (Å²) in [5.74, 6) is 1.60. The summed E-state index contributed by atoms with van der Waals surface area (Å²) in [6, 6.07) is 5.93. The van der Waals surface area contributed by atoms with Crippen LogP contribution in [-0.2, 0) is 4.74 Å². The summed E-state index contributed by atoms with van der Waals surface area (Å²) in [6.45, 7) is 9.55. The molecule has 0 saturated carbocycles. The molecule has 1 aromatic carbocycles. The first-order valence-electron chi connectivity index (χ1n) is 10.2. The molecule has 0 radical (unpaired) electrons. The van der Waals surface area contributed by atoms with Crippen molar-refractivity contribution in [3.63, 3.8) is 0 Å². The molecule has 7 nitrogen and oxygen atoms in total. The first-order valence-corrected chi connectivity index (χ1v) is 11.1. The number of hydrogen-bond donors (Lipinski definition) is 1. The predicted molar refractivity (Wildman–Crippen MR) is 118 cm³/mol. The summed E-state index contributed by atoms with van der Waals surface area (Å²) in [5.41, 5.74) is 1.86. The number of morpholine rings is 1. The SMILES string of the molecule is COc1ccc([C@@H](CNC(=O)c2sc(C(C)C)nc2C)N2CCOCC2)cc1OC. The number of amides is 1. The Labute approximate surface area is 182 Å². The lowest BCUT2D eigenvalue weighted by Gasteiger charge is -2.35. The third-order valence-corrected chi connectivity index (χ3v) is 6.70. The zero-order chi connectivity index (χ0) is 21.7. The van der Waals surface area contributed by atoms with Crippen LogP contribution in [0.1, 0.15) is 51.7 Å². The van der Waals surface area contributed by atoms with Crippen LogP contribution < -0.4 is 14.8 Å². The normalized spacial score (nSPS) is 15.8. The minimum Gasteiger partial charge on any atom is -0.493 e. The van der Waals surface area contributed by atoms with Crippen LogP contribution in [0.5, 0.6) is 11.5 Å². The molecule has 1 atom stereocenters. The molecule has 0 aliphatic carbocycles. The molecule has 0 unspecified atom stereocenters. The number of thiazole rings is 1. The summed E-state index contributed by atoms with van der Waals surface area (Å²) in [5, 5.41) is 4.12. The Balaban J connectivity index is 1.80. The van der Waals surface area contributed by atoms with Gasteiger partial charge in [-0.15, -0.1) is 11.3 Å². The third kappa shape index (κ3) is 5.11. The summed E-state index contributed by atoms with van der Waals surface area (Å²) in [4.78, 5) is 20.5. The highest BCUT2D eigenvalue weighted by atomic mass is 32.1. The maximum Gasteiger partial charge on any atom is 0.263 e. The van der Waals surface area contributed by atoms with Gasteiger partial charge in [0.15, 0.2) is 11.5 Å². The Morgan fingerprint density at radius 2 is 1.93 bits per heavy atom. The van der Waals surface area contributed by atoms with Gasteiger partial charge in [-0.05, 0) is 24.6 Å². The van der Waals surface area contributed by atoms with Gasteiger partial charge in [0.25, 0.3) is 5.91 Å². The molecule has 8 heteroatoms. The van der Waals surface area contributed by atoms with Gasteiger partial charge in [-0.25, -0.2) is 4.98 Å². The number of hydrogen-bond acceptors (Lipinski definition) is 7. The lowest BCUT2D eigenvalue weighted by atomic mass is 10.0. The standard InChI is InChI=1S/C22H31N3O4S/c1-14(2)22-24-15(3)20(30-22)21(26)23-13-17(25-8-10-29-11-9-25)16-6-7-18(27-4)19(12-16)28-5/h6-7,12,14,17H,8-11,13H2,1-5H3,(H,23,26)/t17-/m1/s1. The molecule has 2 aromatic rings. The Kier molecular flexibility index (Phi) is 7.69. The zero-order valence-electron chi connectivity index (χ0n) is 18.4. The van der Waals surface area contributed by atoms with Crippen LogP contribution >= 0.6 is 11.3 Å². The van der Waals surface area contributed by atoms with Crippen molar-refractivity contribution in [3.8, 4) is 11.5 Å². The van der Waals surface area contributed by atoms with Gasteiger partial charge in [-0.1, -0.05) is 19.9 Å². The highest BCUT2D eigenvalue weighted by Gasteiger charge is 2.25. The lowest BCUT2D eigenvalue weighted by molar-refractivity contribution is 0.0162. The van der Waals surface area contributed by atoms with E-state index in [1.165, 1.54) is 11.3 Å². The van der Waals surface area contributed by atoms with E-state index in [0.717, 1.165) is 29.4 Å². The molecule has 2 heterocycles. The van der Waals surface area contributed by atoms with Crippen molar-refractivity contribution in [2.45, 2.75) is 32.7 Å². The van der Waals surface area contributed by atoms with Gasteiger partial charge in [-0.2, -0.15) is 0 Å². The largest absolute Gasteiger partial charge is 0.493 e. The first-order chi connectivity index (χ1) is 14.4. The van der Waals surface area contributed by atoms with Gasteiger partial charge < -0.3 is 19.5 Å². The van der Waals surface area contributed by atoms with E-state index >= 15 is 0 Å². The van der Waals surface area contributed by atoms with Crippen molar-refractivity contribution in [1.82, 2.24) is 15.2 Å². The second kappa shape index (κ2) is 10.2. The maximum absolute atomic E-state index is 12.9. The van der Waals surface area contributed by atoms with Crippen LogP contribution in [0, 0.1) is 6.92 Å². The van der Waals surface area contributed by atoms with E-state index in [-0.39, 0.29) is 11.9 Å². The van der Waals surface area contributed by atoms with Gasteiger partial charge in [0.05, 0.1) is 44.2 Å². The summed E-state index contributed by atoms with van der Waals surface area (Å²) < 4.78 is 16.4. The van der Waals surface area contributed by atoms with E-state index in [9.17, 15) is 4.79 Å². The predicted octanol–water partition coefficient (Wildman–Crippen LogP) is 3.40. The van der Waals surface area contributed by atoms with E-state index in [2.05, 4.69) is 29.0 Å². The summed E-state index contributed by atoms with van der Waals surface area (Å²) in [7, 11) is 3.26. The fraction of sp³-hybridized carbons (Fsp3) is 0.545. The van der Waals surface area contributed by atoms with Gasteiger partial charge in [0.2, 0.25) is 0 Å². The number of carbonyl (C=O) groups excluding carboxylic acids is 1. The Morgan fingerprint density at radius 1 is 1.23 bits per heavy atom. The molecular formula is C22H31N3O4S.